The molecule has 7 aromatic carbocycles. The lowest BCUT2D eigenvalue weighted by atomic mass is 9.92. The number of para-hydroxylation sites is 2. The number of aryl methyl sites for hydroxylation is 1. The molecule has 0 saturated heterocycles. The Morgan fingerprint density at radius 1 is 0.511 bits per heavy atom. The van der Waals surface area contributed by atoms with Gasteiger partial charge in [0.05, 0.1) is 17.1 Å². The maximum atomic E-state index is 2.58. The van der Waals surface area contributed by atoms with E-state index in [9.17, 15) is 0 Å². The second-order valence-electron chi connectivity index (χ2n) is 12.5. The Bertz CT molecular complexity index is 2470. The highest BCUT2D eigenvalue weighted by Gasteiger charge is 2.30. The normalized spacial score (nSPS) is 12.0. The summed E-state index contributed by atoms with van der Waals surface area (Å²) in [4.78, 5) is 2.58. The molecule has 0 saturated carbocycles. The third-order valence-electron chi connectivity index (χ3n) is 9.88. The maximum absolute atomic E-state index is 2.58. The molecule has 1 aliphatic rings. The van der Waals surface area contributed by atoms with Crippen molar-refractivity contribution in [1.29, 1.82) is 0 Å². The van der Waals surface area contributed by atoms with Gasteiger partial charge in [0, 0.05) is 37.7 Å². The lowest BCUT2D eigenvalue weighted by Crippen LogP contribution is -2.16. The van der Waals surface area contributed by atoms with Gasteiger partial charge in [-0.3, -0.25) is 0 Å². The number of fused-ring (bicyclic) bond motifs is 6. The predicted octanol–water partition coefficient (Wildman–Crippen LogP) is 13.0. The van der Waals surface area contributed by atoms with Crippen LogP contribution in [0.15, 0.2) is 152 Å². The molecule has 9 rings (SSSR count). The lowest BCUT2D eigenvalue weighted by Gasteiger charge is -2.33. The Morgan fingerprint density at radius 3 is 1.96 bits per heavy atom. The minimum Gasteiger partial charge on any atom is -0.309 e. The van der Waals surface area contributed by atoms with E-state index in [1.165, 1.54) is 92.9 Å². The van der Waals surface area contributed by atoms with Gasteiger partial charge in [-0.25, -0.2) is 0 Å². The van der Waals surface area contributed by atoms with E-state index in [4.69, 9.17) is 0 Å². The van der Waals surface area contributed by atoms with Crippen molar-refractivity contribution in [3.63, 3.8) is 0 Å². The molecule has 0 bridgehead atoms. The summed E-state index contributed by atoms with van der Waals surface area (Å²) < 4.78 is 2.64. The van der Waals surface area contributed by atoms with Crippen LogP contribution in [0.1, 0.15) is 22.3 Å². The smallest absolute Gasteiger partial charge is 0.0540 e. The zero-order valence-electron chi connectivity index (χ0n) is 26.5. The van der Waals surface area contributed by atoms with Gasteiger partial charge in [0.15, 0.2) is 0 Å². The summed E-state index contributed by atoms with van der Waals surface area (Å²) in [7, 11) is 0. The van der Waals surface area contributed by atoms with E-state index >= 15 is 0 Å². The second-order valence-corrected chi connectivity index (χ2v) is 13.6. The zero-order valence-corrected chi connectivity index (χ0v) is 27.3. The molecule has 2 heteroatoms. The molecule has 0 amide bonds. The summed E-state index contributed by atoms with van der Waals surface area (Å²) >= 11 is 1.88. The average molecular weight is 620 g/mol. The molecule has 8 aromatic rings. The molecule has 1 aromatic heterocycles. The highest BCUT2D eigenvalue weighted by atomic mass is 32.1. The number of anilines is 3. The van der Waals surface area contributed by atoms with Crippen molar-refractivity contribution >= 4 is 48.6 Å². The van der Waals surface area contributed by atoms with Crippen LogP contribution in [0.3, 0.4) is 0 Å². The van der Waals surface area contributed by atoms with Crippen LogP contribution >= 0.6 is 11.3 Å². The summed E-state index contributed by atoms with van der Waals surface area (Å²) in [6.07, 6.45) is 0.916. The third-order valence-corrected chi connectivity index (χ3v) is 11.0. The minimum atomic E-state index is 0.916. The Morgan fingerprint density at radius 2 is 1.13 bits per heavy atom. The first kappa shape index (κ1) is 27.8. The van der Waals surface area contributed by atoms with Gasteiger partial charge in [-0.2, -0.15) is 0 Å². The highest BCUT2D eigenvalue weighted by Crippen LogP contribution is 2.52. The largest absolute Gasteiger partial charge is 0.309 e. The molecule has 0 atom stereocenters. The van der Waals surface area contributed by atoms with Crippen LogP contribution in [0.5, 0.6) is 0 Å². The van der Waals surface area contributed by atoms with Crippen LogP contribution in [0.4, 0.5) is 17.1 Å². The monoisotopic (exact) mass is 619 g/mol. The van der Waals surface area contributed by atoms with E-state index in [0.29, 0.717) is 0 Å². The molecule has 1 nitrogen and oxygen atoms in total. The standard InChI is InChI=1S/C45H33NS/c1-29-27-38-33-18-7-6-17-32(33)28-39(38)45(30(29)2)46(40-23-11-8-19-34(40)31-15-4-3-5-16-31)41-24-12-9-20-35(41)36-22-14-26-43-44(36)37-21-10-13-25-42(37)47-43/h3-27H,28H2,1-2H3. The van der Waals surface area contributed by atoms with Crippen LogP contribution in [-0.4, -0.2) is 0 Å². The predicted molar refractivity (Wildman–Crippen MR) is 203 cm³/mol. The van der Waals surface area contributed by atoms with Crippen molar-refractivity contribution in [3.05, 3.63) is 174 Å². The number of thiophene rings is 1. The fraction of sp³-hybridized carbons (Fsp3) is 0.0667. The van der Waals surface area contributed by atoms with Crippen molar-refractivity contribution in [3.8, 4) is 33.4 Å². The van der Waals surface area contributed by atoms with Crippen molar-refractivity contribution in [2.45, 2.75) is 20.3 Å². The first-order valence-corrected chi connectivity index (χ1v) is 17.1. The molecule has 1 aliphatic carbocycles. The van der Waals surface area contributed by atoms with Crippen molar-refractivity contribution < 1.29 is 0 Å². The zero-order chi connectivity index (χ0) is 31.5. The summed E-state index contributed by atoms with van der Waals surface area (Å²) in [6.45, 7) is 4.58. The number of rotatable bonds is 5. The fourth-order valence-corrected chi connectivity index (χ4v) is 8.73. The fourth-order valence-electron chi connectivity index (χ4n) is 7.60. The van der Waals surface area contributed by atoms with Crippen molar-refractivity contribution in [2.24, 2.45) is 0 Å². The summed E-state index contributed by atoms with van der Waals surface area (Å²) in [5, 5.41) is 2.65. The molecule has 0 radical (unpaired) electrons. The van der Waals surface area contributed by atoms with Crippen molar-refractivity contribution in [2.75, 3.05) is 4.90 Å². The summed E-state index contributed by atoms with van der Waals surface area (Å²) in [5.41, 5.74) is 16.7. The molecule has 0 spiro atoms. The van der Waals surface area contributed by atoms with Crippen LogP contribution in [0.25, 0.3) is 53.6 Å². The van der Waals surface area contributed by atoms with Gasteiger partial charge in [0.2, 0.25) is 0 Å². The number of hydrogen-bond acceptors (Lipinski definition) is 2. The van der Waals surface area contributed by atoms with Crippen molar-refractivity contribution in [1.82, 2.24) is 0 Å². The van der Waals surface area contributed by atoms with Gasteiger partial charge in [-0.05, 0) is 82.6 Å². The lowest BCUT2D eigenvalue weighted by molar-refractivity contribution is 1.16. The summed E-state index contributed by atoms with van der Waals surface area (Å²) in [6, 6.07) is 55.7. The molecular weight excluding hydrogens is 587 g/mol. The van der Waals surface area contributed by atoms with Gasteiger partial charge in [0.1, 0.15) is 0 Å². The Kier molecular flexibility index (Phi) is 6.58. The number of nitrogens with zero attached hydrogens (tertiary/aromatic N) is 1. The Balaban J connectivity index is 1.39. The minimum absolute atomic E-state index is 0.916. The summed E-state index contributed by atoms with van der Waals surface area (Å²) in [5.74, 6) is 0. The Labute approximate surface area is 280 Å². The molecule has 1 heterocycles. The number of benzene rings is 7. The van der Waals surface area contributed by atoms with Gasteiger partial charge in [-0.1, -0.05) is 127 Å². The van der Waals surface area contributed by atoms with Gasteiger partial charge in [-0.15, -0.1) is 11.3 Å². The van der Waals surface area contributed by atoms with E-state index in [1.54, 1.807) is 0 Å². The van der Waals surface area contributed by atoms with E-state index in [-0.39, 0.29) is 0 Å². The van der Waals surface area contributed by atoms with Gasteiger partial charge < -0.3 is 4.90 Å². The quantitative estimate of drug-likeness (QED) is 0.185. The van der Waals surface area contributed by atoms with E-state index in [2.05, 4.69) is 170 Å². The van der Waals surface area contributed by atoms with Crippen LogP contribution in [0, 0.1) is 13.8 Å². The molecule has 0 unspecified atom stereocenters. The maximum Gasteiger partial charge on any atom is 0.0540 e. The average Bonchev–Trinajstić information content (AvgIpc) is 3.69. The van der Waals surface area contributed by atoms with Crippen LogP contribution in [0.2, 0.25) is 0 Å². The molecule has 0 aliphatic heterocycles. The highest BCUT2D eigenvalue weighted by molar-refractivity contribution is 7.25. The molecule has 0 fully saturated rings. The second kappa shape index (κ2) is 11.1. The van der Waals surface area contributed by atoms with E-state index in [0.717, 1.165) is 6.42 Å². The molecule has 0 N–H and O–H groups in total. The molecular formula is C45H33NS. The Hall–Kier alpha value is -5.44. The first-order valence-electron chi connectivity index (χ1n) is 16.3. The van der Waals surface area contributed by atoms with E-state index in [1.807, 2.05) is 11.3 Å². The third kappa shape index (κ3) is 4.44. The SMILES string of the molecule is Cc1cc2c(c(N(c3ccccc3-c3ccccc3)c3ccccc3-c3cccc4sc5ccccc5c34)c1C)Cc1ccccc1-2. The van der Waals surface area contributed by atoms with Crippen LogP contribution < -0.4 is 4.90 Å². The van der Waals surface area contributed by atoms with Gasteiger partial charge in [0.25, 0.3) is 0 Å². The van der Waals surface area contributed by atoms with E-state index < -0.39 is 0 Å². The van der Waals surface area contributed by atoms with Crippen LogP contribution in [-0.2, 0) is 6.42 Å². The van der Waals surface area contributed by atoms with Gasteiger partial charge >= 0.3 is 0 Å². The number of hydrogen-bond donors (Lipinski definition) is 0. The molecule has 47 heavy (non-hydrogen) atoms. The molecule has 224 valence electrons. The topological polar surface area (TPSA) is 3.24 Å². The first-order chi connectivity index (χ1) is 23.2.